The van der Waals surface area contributed by atoms with Gasteiger partial charge >= 0.3 is 6.09 Å². The summed E-state index contributed by atoms with van der Waals surface area (Å²) in [6, 6.07) is 14.1. The predicted octanol–water partition coefficient (Wildman–Crippen LogP) is 3.66. The van der Waals surface area contributed by atoms with E-state index in [4.69, 9.17) is 4.74 Å². The number of alkyl halides is 1. The SMILES string of the molecule is CN(CCF)C1CN(c2ccc(NC(=O)OCc3ccccc3)cc2F)C1. The van der Waals surface area contributed by atoms with Gasteiger partial charge in [-0.05, 0) is 30.8 Å². The van der Waals surface area contributed by atoms with Crippen LogP contribution in [0.25, 0.3) is 0 Å². The average Bonchev–Trinajstić information content (AvgIpc) is 2.62. The maximum absolute atomic E-state index is 14.4. The summed E-state index contributed by atoms with van der Waals surface area (Å²) < 4.78 is 31.9. The summed E-state index contributed by atoms with van der Waals surface area (Å²) in [4.78, 5) is 15.7. The van der Waals surface area contributed by atoms with Crippen molar-refractivity contribution in [1.29, 1.82) is 0 Å². The van der Waals surface area contributed by atoms with E-state index < -0.39 is 11.9 Å². The van der Waals surface area contributed by atoms with Gasteiger partial charge in [-0.3, -0.25) is 10.2 Å². The molecule has 0 atom stereocenters. The lowest BCUT2D eigenvalue weighted by atomic mass is 10.1. The first-order valence-corrected chi connectivity index (χ1v) is 8.85. The van der Waals surface area contributed by atoms with Crippen LogP contribution in [0.3, 0.4) is 0 Å². The van der Waals surface area contributed by atoms with Gasteiger partial charge < -0.3 is 9.64 Å². The molecule has 1 aliphatic rings. The number of halogens is 2. The van der Waals surface area contributed by atoms with E-state index in [-0.39, 0.29) is 19.3 Å². The van der Waals surface area contributed by atoms with Gasteiger partial charge in [0.25, 0.3) is 0 Å². The molecule has 0 saturated carbocycles. The first-order valence-electron chi connectivity index (χ1n) is 8.85. The van der Waals surface area contributed by atoms with E-state index in [1.807, 2.05) is 47.2 Å². The summed E-state index contributed by atoms with van der Waals surface area (Å²) in [5.41, 5.74) is 1.68. The van der Waals surface area contributed by atoms with Gasteiger partial charge in [0.15, 0.2) is 0 Å². The van der Waals surface area contributed by atoms with Crippen molar-refractivity contribution in [1.82, 2.24) is 4.90 Å². The molecule has 0 spiro atoms. The van der Waals surface area contributed by atoms with Crippen LogP contribution < -0.4 is 10.2 Å². The molecule has 0 aromatic heterocycles. The topological polar surface area (TPSA) is 44.8 Å². The smallest absolute Gasteiger partial charge is 0.411 e. The van der Waals surface area contributed by atoms with E-state index in [0.717, 1.165) is 5.56 Å². The second-order valence-corrected chi connectivity index (χ2v) is 6.58. The van der Waals surface area contributed by atoms with Gasteiger partial charge in [0.1, 0.15) is 19.1 Å². The number of carbonyl (C=O) groups is 1. The van der Waals surface area contributed by atoms with Crippen LogP contribution in [0.4, 0.5) is 25.0 Å². The highest BCUT2D eigenvalue weighted by Crippen LogP contribution is 2.28. The Morgan fingerprint density at radius 1 is 1.26 bits per heavy atom. The summed E-state index contributed by atoms with van der Waals surface area (Å²) in [6.45, 7) is 1.45. The van der Waals surface area contributed by atoms with Crippen molar-refractivity contribution in [3.8, 4) is 0 Å². The largest absolute Gasteiger partial charge is 0.444 e. The normalized spacial score (nSPS) is 14.1. The number of likely N-dealkylation sites (N-methyl/N-ethyl adjacent to an activating group) is 1. The van der Waals surface area contributed by atoms with E-state index >= 15 is 0 Å². The summed E-state index contributed by atoms with van der Waals surface area (Å²) in [5.74, 6) is -0.414. The van der Waals surface area contributed by atoms with Gasteiger partial charge in [0.2, 0.25) is 0 Å². The highest BCUT2D eigenvalue weighted by molar-refractivity contribution is 5.85. The Morgan fingerprint density at radius 2 is 2.00 bits per heavy atom. The lowest BCUT2D eigenvalue weighted by molar-refractivity contribution is 0.155. The van der Waals surface area contributed by atoms with Crippen molar-refractivity contribution in [3.05, 3.63) is 59.9 Å². The Labute approximate surface area is 157 Å². The third kappa shape index (κ3) is 4.95. The van der Waals surface area contributed by atoms with Crippen LogP contribution in [0.1, 0.15) is 5.56 Å². The van der Waals surface area contributed by atoms with Crippen LogP contribution in [0.15, 0.2) is 48.5 Å². The molecule has 0 aliphatic carbocycles. The number of amides is 1. The number of hydrogen-bond acceptors (Lipinski definition) is 4. The van der Waals surface area contributed by atoms with Crippen LogP contribution in [0.2, 0.25) is 0 Å². The second kappa shape index (κ2) is 8.81. The minimum absolute atomic E-state index is 0.148. The Hall–Kier alpha value is -2.67. The number of ether oxygens (including phenoxy) is 1. The molecule has 1 aliphatic heterocycles. The third-order valence-electron chi connectivity index (χ3n) is 4.67. The predicted molar refractivity (Wildman–Crippen MR) is 101 cm³/mol. The molecule has 0 radical (unpaired) electrons. The number of hydrogen-bond donors (Lipinski definition) is 1. The monoisotopic (exact) mass is 375 g/mol. The molecule has 7 heteroatoms. The van der Waals surface area contributed by atoms with Crippen LogP contribution >= 0.6 is 0 Å². The van der Waals surface area contributed by atoms with Crippen molar-refractivity contribution >= 4 is 17.5 Å². The lowest BCUT2D eigenvalue weighted by Gasteiger charge is -2.45. The zero-order valence-electron chi connectivity index (χ0n) is 15.2. The quantitative estimate of drug-likeness (QED) is 0.802. The number of benzene rings is 2. The molecule has 1 N–H and O–H groups in total. The first kappa shape index (κ1) is 19.1. The van der Waals surface area contributed by atoms with Crippen molar-refractivity contribution in [2.24, 2.45) is 0 Å². The third-order valence-corrected chi connectivity index (χ3v) is 4.67. The molecule has 1 fully saturated rings. The Morgan fingerprint density at radius 3 is 2.67 bits per heavy atom. The molecule has 144 valence electrons. The Balaban J connectivity index is 1.50. The standard InChI is InChI=1S/C20H23F2N3O2/c1-24(10-9-21)17-12-25(13-17)19-8-7-16(11-18(19)22)23-20(26)27-14-15-5-3-2-4-6-15/h2-8,11,17H,9-10,12-14H2,1H3,(H,23,26). The van der Waals surface area contributed by atoms with Crippen molar-refractivity contribution in [3.63, 3.8) is 0 Å². The minimum Gasteiger partial charge on any atom is -0.444 e. The maximum atomic E-state index is 14.4. The van der Waals surface area contributed by atoms with Gasteiger partial charge in [0.05, 0.1) is 5.69 Å². The fraction of sp³-hybridized carbons (Fsp3) is 0.350. The molecule has 27 heavy (non-hydrogen) atoms. The molecule has 1 heterocycles. The van der Waals surface area contributed by atoms with Gasteiger partial charge in [-0.1, -0.05) is 30.3 Å². The molecule has 1 saturated heterocycles. The fourth-order valence-corrected chi connectivity index (χ4v) is 2.96. The van der Waals surface area contributed by atoms with Gasteiger partial charge in [-0.2, -0.15) is 0 Å². The van der Waals surface area contributed by atoms with Gasteiger partial charge in [-0.25, -0.2) is 13.6 Å². The van der Waals surface area contributed by atoms with Crippen LogP contribution in [0, 0.1) is 5.82 Å². The van der Waals surface area contributed by atoms with E-state index in [0.29, 0.717) is 31.0 Å². The molecule has 2 aromatic carbocycles. The van der Waals surface area contributed by atoms with Gasteiger partial charge in [-0.15, -0.1) is 0 Å². The Bertz CT molecular complexity index is 767. The molecule has 1 amide bonds. The minimum atomic E-state index is -0.636. The highest BCUT2D eigenvalue weighted by Gasteiger charge is 2.31. The zero-order valence-corrected chi connectivity index (χ0v) is 15.2. The van der Waals surface area contributed by atoms with Crippen LogP contribution in [-0.2, 0) is 11.3 Å². The van der Waals surface area contributed by atoms with E-state index in [1.165, 1.54) is 6.07 Å². The molecule has 0 unspecified atom stereocenters. The molecule has 0 bridgehead atoms. The lowest BCUT2D eigenvalue weighted by Crippen LogP contribution is -2.59. The van der Waals surface area contributed by atoms with E-state index in [2.05, 4.69) is 5.32 Å². The average molecular weight is 375 g/mol. The summed E-state index contributed by atoms with van der Waals surface area (Å²) >= 11 is 0. The van der Waals surface area contributed by atoms with Gasteiger partial charge in [0, 0.05) is 31.4 Å². The van der Waals surface area contributed by atoms with E-state index in [9.17, 15) is 13.6 Å². The first-order chi connectivity index (χ1) is 13.1. The van der Waals surface area contributed by atoms with Crippen molar-refractivity contribution in [2.45, 2.75) is 12.6 Å². The van der Waals surface area contributed by atoms with Crippen molar-refractivity contribution in [2.75, 3.05) is 43.6 Å². The number of nitrogens with zero attached hydrogens (tertiary/aromatic N) is 2. The Kier molecular flexibility index (Phi) is 6.24. The van der Waals surface area contributed by atoms with Crippen LogP contribution in [-0.4, -0.2) is 50.4 Å². The highest BCUT2D eigenvalue weighted by atomic mass is 19.1. The van der Waals surface area contributed by atoms with E-state index in [1.54, 1.807) is 12.1 Å². The molecular weight excluding hydrogens is 352 g/mol. The summed E-state index contributed by atoms with van der Waals surface area (Å²) in [6.07, 6.45) is -0.636. The maximum Gasteiger partial charge on any atom is 0.411 e. The number of carbonyl (C=O) groups excluding carboxylic acids is 1. The van der Waals surface area contributed by atoms with Crippen molar-refractivity contribution < 1.29 is 18.3 Å². The molecule has 5 nitrogen and oxygen atoms in total. The number of rotatable bonds is 7. The molecular formula is C20H23F2N3O2. The second-order valence-electron chi connectivity index (χ2n) is 6.58. The van der Waals surface area contributed by atoms with Crippen LogP contribution in [0.5, 0.6) is 0 Å². The fourth-order valence-electron chi connectivity index (χ4n) is 2.96. The number of nitrogens with one attached hydrogen (secondary N) is 1. The number of anilines is 2. The summed E-state index contributed by atoms with van der Waals surface area (Å²) in [5, 5.41) is 2.53. The zero-order chi connectivity index (χ0) is 19.2. The summed E-state index contributed by atoms with van der Waals surface area (Å²) in [7, 11) is 1.87. The molecule has 2 aromatic rings. The molecule has 3 rings (SSSR count).